The van der Waals surface area contributed by atoms with Crippen LogP contribution in [-0.2, 0) is 11.0 Å². The van der Waals surface area contributed by atoms with Crippen molar-refractivity contribution in [1.82, 2.24) is 14.7 Å². The van der Waals surface area contributed by atoms with Crippen LogP contribution in [0.3, 0.4) is 0 Å². The smallest absolute Gasteiger partial charge is 0.434 e. The van der Waals surface area contributed by atoms with Crippen LogP contribution in [0.25, 0.3) is 5.69 Å². The summed E-state index contributed by atoms with van der Waals surface area (Å²) in [4.78, 5) is 24.9. The van der Waals surface area contributed by atoms with E-state index in [2.05, 4.69) is 5.10 Å². The number of aromatic nitrogens is 2. The fourth-order valence-electron chi connectivity index (χ4n) is 3.09. The van der Waals surface area contributed by atoms with Gasteiger partial charge in [-0.1, -0.05) is 0 Å². The van der Waals surface area contributed by atoms with E-state index in [1.165, 1.54) is 0 Å². The SMILES string of the molecule is O=C(O)C1CCCN(C(=O)c2cnn(-c3ccc(F)cc3)c2C(F)(F)F)C1. The molecular weight excluding hydrogens is 370 g/mol. The predicted octanol–water partition coefficient (Wildman–Crippen LogP) is 2.97. The molecule has 0 bridgehead atoms. The van der Waals surface area contributed by atoms with Crippen molar-refractivity contribution < 1.29 is 32.3 Å². The first-order chi connectivity index (χ1) is 12.7. The van der Waals surface area contributed by atoms with Crippen molar-refractivity contribution in [2.24, 2.45) is 5.92 Å². The van der Waals surface area contributed by atoms with Crippen molar-refractivity contribution >= 4 is 11.9 Å². The number of halogens is 4. The van der Waals surface area contributed by atoms with Crippen LogP contribution in [-0.4, -0.2) is 44.8 Å². The van der Waals surface area contributed by atoms with E-state index >= 15 is 0 Å². The van der Waals surface area contributed by atoms with Crippen molar-refractivity contribution in [3.8, 4) is 5.69 Å². The molecule has 0 spiro atoms. The molecule has 1 aromatic carbocycles. The number of hydrogen-bond donors (Lipinski definition) is 1. The van der Waals surface area contributed by atoms with Crippen molar-refractivity contribution in [3.05, 3.63) is 47.5 Å². The Morgan fingerprint density at radius 3 is 2.44 bits per heavy atom. The van der Waals surface area contributed by atoms with Crippen LogP contribution in [0.4, 0.5) is 17.6 Å². The summed E-state index contributed by atoms with van der Waals surface area (Å²) >= 11 is 0. The molecule has 1 atom stereocenters. The minimum atomic E-state index is -4.89. The highest BCUT2D eigenvalue weighted by Crippen LogP contribution is 2.34. The lowest BCUT2D eigenvalue weighted by Gasteiger charge is -2.30. The third kappa shape index (κ3) is 3.79. The standard InChI is InChI=1S/C17H15F4N3O3/c18-11-3-5-12(6-4-11)24-14(17(19,20)21)13(8-22-24)15(25)23-7-1-2-10(9-23)16(26)27/h3-6,8,10H,1-2,7,9H2,(H,26,27). The second-order valence-electron chi connectivity index (χ2n) is 6.22. The van der Waals surface area contributed by atoms with Gasteiger partial charge in [0.1, 0.15) is 5.82 Å². The number of nitrogens with zero attached hydrogens (tertiary/aromatic N) is 3. The number of aliphatic carboxylic acids is 1. The highest BCUT2D eigenvalue weighted by molar-refractivity contribution is 5.95. The van der Waals surface area contributed by atoms with Gasteiger partial charge in [0, 0.05) is 13.1 Å². The number of likely N-dealkylation sites (tertiary alicyclic amines) is 1. The Bertz CT molecular complexity index is 861. The summed E-state index contributed by atoms with van der Waals surface area (Å²) in [5.74, 6) is -3.46. The van der Waals surface area contributed by atoms with Gasteiger partial charge in [0.2, 0.25) is 0 Å². The zero-order valence-corrected chi connectivity index (χ0v) is 13.9. The van der Waals surface area contributed by atoms with Gasteiger partial charge in [0.05, 0.1) is 23.4 Å². The monoisotopic (exact) mass is 385 g/mol. The summed E-state index contributed by atoms with van der Waals surface area (Å²) < 4.78 is 54.5. The number of hydrogen-bond acceptors (Lipinski definition) is 3. The average molecular weight is 385 g/mol. The molecule has 0 aliphatic carbocycles. The molecule has 144 valence electrons. The van der Waals surface area contributed by atoms with Crippen molar-refractivity contribution in [3.63, 3.8) is 0 Å². The van der Waals surface area contributed by atoms with E-state index in [0.29, 0.717) is 17.5 Å². The molecule has 1 saturated heterocycles. The number of carbonyl (C=O) groups excluding carboxylic acids is 1. The Balaban J connectivity index is 1.99. The first kappa shape index (κ1) is 18.9. The van der Waals surface area contributed by atoms with Crippen LogP contribution < -0.4 is 0 Å². The van der Waals surface area contributed by atoms with Gasteiger partial charge in [-0.2, -0.15) is 18.3 Å². The van der Waals surface area contributed by atoms with E-state index in [4.69, 9.17) is 5.11 Å². The van der Waals surface area contributed by atoms with Gasteiger partial charge in [0.25, 0.3) is 5.91 Å². The third-order valence-electron chi connectivity index (χ3n) is 4.40. The zero-order chi connectivity index (χ0) is 19.8. The highest BCUT2D eigenvalue weighted by Gasteiger charge is 2.42. The molecule has 1 aliphatic heterocycles. The fourth-order valence-corrected chi connectivity index (χ4v) is 3.09. The van der Waals surface area contributed by atoms with Gasteiger partial charge >= 0.3 is 12.1 Å². The molecule has 1 N–H and O–H groups in total. The maximum atomic E-state index is 13.6. The molecule has 1 amide bonds. The molecule has 0 radical (unpaired) electrons. The molecule has 6 nitrogen and oxygen atoms in total. The summed E-state index contributed by atoms with van der Waals surface area (Å²) in [6, 6.07) is 4.21. The first-order valence-electron chi connectivity index (χ1n) is 8.11. The number of piperidine rings is 1. The highest BCUT2D eigenvalue weighted by atomic mass is 19.4. The fraction of sp³-hybridized carbons (Fsp3) is 0.353. The molecule has 1 aromatic heterocycles. The van der Waals surface area contributed by atoms with Crippen LogP contribution >= 0.6 is 0 Å². The summed E-state index contributed by atoms with van der Waals surface area (Å²) in [5, 5.41) is 12.8. The Hall–Kier alpha value is -2.91. The molecule has 10 heteroatoms. The number of rotatable bonds is 3. The van der Waals surface area contributed by atoms with Gasteiger partial charge in [-0.3, -0.25) is 9.59 Å². The lowest BCUT2D eigenvalue weighted by Crippen LogP contribution is -2.42. The maximum absolute atomic E-state index is 13.6. The Labute approximate surface area is 151 Å². The quantitative estimate of drug-likeness (QED) is 0.825. The minimum absolute atomic E-state index is 0.0511. The number of amides is 1. The van der Waals surface area contributed by atoms with Crippen LogP contribution in [0.2, 0.25) is 0 Å². The molecule has 2 heterocycles. The Morgan fingerprint density at radius 2 is 1.85 bits per heavy atom. The van der Waals surface area contributed by atoms with E-state index in [1.54, 1.807) is 0 Å². The molecular formula is C17H15F4N3O3. The molecule has 1 unspecified atom stereocenters. The number of benzene rings is 1. The van der Waals surface area contributed by atoms with Crippen LogP contribution in [0.1, 0.15) is 28.9 Å². The van der Waals surface area contributed by atoms with Crippen LogP contribution in [0.5, 0.6) is 0 Å². The second kappa shape index (κ2) is 7.01. The van der Waals surface area contributed by atoms with Gasteiger partial charge in [0.15, 0.2) is 5.69 Å². The average Bonchev–Trinajstić information content (AvgIpc) is 3.07. The number of carbonyl (C=O) groups is 2. The largest absolute Gasteiger partial charge is 0.481 e. The normalized spacial score (nSPS) is 17.8. The van der Waals surface area contributed by atoms with Gasteiger partial charge < -0.3 is 10.0 Å². The van der Waals surface area contributed by atoms with Gasteiger partial charge in [-0.25, -0.2) is 9.07 Å². The second-order valence-corrected chi connectivity index (χ2v) is 6.22. The Morgan fingerprint density at radius 1 is 1.19 bits per heavy atom. The lowest BCUT2D eigenvalue weighted by atomic mass is 9.97. The lowest BCUT2D eigenvalue weighted by molar-refractivity contribution is -0.144. The maximum Gasteiger partial charge on any atom is 0.434 e. The van der Waals surface area contributed by atoms with Crippen molar-refractivity contribution in [2.75, 3.05) is 13.1 Å². The summed E-state index contributed by atoms with van der Waals surface area (Å²) in [6.07, 6.45) is -3.34. The van der Waals surface area contributed by atoms with E-state index in [0.717, 1.165) is 35.4 Å². The number of carboxylic acids is 1. The zero-order valence-electron chi connectivity index (χ0n) is 13.9. The summed E-state index contributed by atoms with van der Waals surface area (Å²) in [6.45, 7) is 0.00876. The van der Waals surface area contributed by atoms with Crippen molar-refractivity contribution in [2.45, 2.75) is 19.0 Å². The molecule has 0 saturated carbocycles. The molecule has 2 aromatic rings. The van der Waals surface area contributed by atoms with Gasteiger partial charge in [-0.15, -0.1) is 0 Å². The van der Waals surface area contributed by atoms with E-state index in [9.17, 15) is 27.2 Å². The minimum Gasteiger partial charge on any atom is -0.481 e. The van der Waals surface area contributed by atoms with E-state index in [-0.39, 0.29) is 18.8 Å². The van der Waals surface area contributed by atoms with Crippen molar-refractivity contribution in [1.29, 1.82) is 0 Å². The molecule has 27 heavy (non-hydrogen) atoms. The van der Waals surface area contributed by atoms with E-state index in [1.807, 2.05) is 0 Å². The summed E-state index contributed by atoms with van der Waals surface area (Å²) in [5.41, 5.74) is -2.00. The molecule has 1 fully saturated rings. The number of alkyl halides is 3. The van der Waals surface area contributed by atoms with E-state index < -0.39 is 41.0 Å². The molecule has 1 aliphatic rings. The first-order valence-corrected chi connectivity index (χ1v) is 8.11. The topological polar surface area (TPSA) is 75.4 Å². The summed E-state index contributed by atoms with van der Waals surface area (Å²) in [7, 11) is 0. The molecule has 3 rings (SSSR count). The van der Waals surface area contributed by atoms with Crippen LogP contribution in [0, 0.1) is 11.7 Å². The number of carboxylic acid groups (broad SMARTS) is 1. The van der Waals surface area contributed by atoms with Crippen LogP contribution in [0.15, 0.2) is 30.5 Å². The Kier molecular flexibility index (Phi) is 4.90. The van der Waals surface area contributed by atoms with Gasteiger partial charge in [-0.05, 0) is 37.1 Å². The predicted molar refractivity (Wildman–Crippen MR) is 84.8 cm³/mol. The third-order valence-corrected chi connectivity index (χ3v) is 4.40.